The topological polar surface area (TPSA) is 55.1 Å². The van der Waals surface area contributed by atoms with Gasteiger partial charge in [0, 0.05) is 12.0 Å². The number of aromatic nitrogens is 1. The van der Waals surface area contributed by atoms with Crippen molar-refractivity contribution >= 4 is 12.3 Å². The summed E-state index contributed by atoms with van der Waals surface area (Å²) in [6, 6.07) is 1.81. The first-order chi connectivity index (χ1) is 6.40. The van der Waals surface area contributed by atoms with Crippen molar-refractivity contribution in [3.8, 4) is 0 Å². The summed E-state index contributed by atoms with van der Waals surface area (Å²) in [5.74, 6) is 0.975. The zero-order chi connectivity index (χ0) is 9.10. The second-order valence-electron chi connectivity index (χ2n) is 3.36. The summed E-state index contributed by atoms with van der Waals surface area (Å²) in [6.07, 6.45) is 5.51. The highest BCUT2D eigenvalue weighted by atomic mass is 16.5. The quantitative estimate of drug-likeness (QED) is 0.723. The van der Waals surface area contributed by atoms with Crippen molar-refractivity contribution in [2.75, 3.05) is 5.32 Å². The van der Waals surface area contributed by atoms with Gasteiger partial charge < -0.3 is 4.52 Å². The highest BCUT2D eigenvalue weighted by molar-refractivity contribution is 5.67. The van der Waals surface area contributed by atoms with E-state index in [-0.39, 0.29) is 0 Å². The summed E-state index contributed by atoms with van der Waals surface area (Å²) >= 11 is 0. The Morgan fingerprint density at radius 1 is 1.54 bits per heavy atom. The predicted octanol–water partition coefficient (Wildman–Crippen LogP) is 1.90. The van der Waals surface area contributed by atoms with E-state index in [0.29, 0.717) is 18.2 Å². The van der Waals surface area contributed by atoms with E-state index >= 15 is 0 Å². The molecule has 1 fully saturated rings. The molecule has 2 rings (SSSR count). The minimum atomic E-state index is 0.442. The van der Waals surface area contributed by atoms with Crippen LogP contribution in [0.2, 0.25) is 0 Å². The Hall–Kier alpha value is -1.32. The van der Waals surface area contributed by atoms with Crippen molar-refractivity contribution in [3.63, 3.8) is 0 Å². The molecule has 1 amide bonds. The van der Waals surface area contributed by atoms with E-state index in [1.54, 1.807) is 0 Å². The molecular weight excluding hydrogens is 168 g/mol. The number of nitrogens with zero attached hydrogens (tertiary/aromatic N) is 1. The van der Waals surface area contributed by atoms with Crippen molar-refractivity contribution in [2.45, 2.75) is 31.6 Å². The number of carbonyl (C=O) groups excluding carboxylic acids is 1. The van der Waals surface area contributed by atoms with Gasteiger partial charge in [-0.1, -0.05) is 18.0 Å². The average Bonchev–Trinajstić information content (AvgIpc) is 2.70. The van der Waals surface area contributed by atoms with Gasteiger partial charge in [-0.15, -0.1) is 0 Å². The van der Waals surface area contributed by atoms with Crippen LogP contribution < -0.4 is 5.32 Å². The summed E-state index contributed by atoms with van der Waals surface area (Å²) < 4.78 is 4.93. The van der Waals surface area contributed by atoms with Gasteiger partial charge in [0.1, 0.15) is 0 Å². The molecule has 1 N–H and O–H groups in total. The maximum absolute atomic E-state index is 10.1. The Morgan fingerprint density at radius 3 is 3.00 bits per heavy atom. The molecule has 1 aromatic rings. The van der Waals surface area contributed by atoms with E-state index in [0.717, 1.165) is 5.69 Å². The first-order valence-corrected chi connectivity index (χ1v) is 4.57. The van der Waals surface area contributed by atoms with Crippen LogP contribution in [0.15, 0.2) is 10.6 Å². The van der Waals surface area contributed by atoms with E-state index in [1.807, 2.05) is 6.07 Å². The molecule has 0 radical (unpaired) electrons. The smallest absolute Gasteiger partial charge is 0.231 e. The number of nitrogens with one attached hydrogen (secondary N) is 1. The van der Waals surface area contributed by atoms with E-state index in [2.05, 4.69) is 10.5 Å². The summed E-state index contributed by atoms with van der Waals surface area (Å²) in [6.45, 7) is 0. The van der Waals surface area contributed by atoms with Crippen molar-refractivity contribution in [2.24, 2.45) is 0 Å². The molecule has 4 nitrogen and oxygen atoms in total. The molecule has 0 unspecified atom stereocenters. The molecule has 0 aromatic carbocycles. The molecule has 4 heteroatoms. The van der Waals surface area contributed by atoms with Gasteiger partial charge in [-0.25, -0.2) is 0 Å². The van der Waals surface area contributed by atoms with Crippen LogP contribution in [0, 0.1) is 0 Å². The van der Waals surface area contributed by atoms with Gasteiger partial charge in [-0.05, 0) is 12.8 Å². The number of carbonyl (C=O) groups is 1. The SMILES string of the molecule is O=CNc1cc(C2CCCC2)no1. The Kier molecular flexibility index (Phi) is 2.29. The molecule has 1 heterocycles. The Balaban J connectivity index is 2.07. The van der Waals surface area contributed by atoms with Gasteiger partial charge in [0.05, 0.1) is 5.69 Å². The Morgan fingerprint density at radius 2 is 2.31 bits per heavy atom. The molecule has 1 aliphatic carbocycles. The third-order valence-electron chi connectivity index (χ3n) is 2.50. The fourth-order valence-electron chi connectivity index (χ4n) is 1.83. The van der Waals surface area contributed by atoms with Gasteiger partial charge in [-0.2, -0.15) is 0 Å². The molecule has 0 aliphatic heterocycles. The standard InChI is InChI=1S/C9H12N2O2/c12-6-10-9-5-8(11-13-9)7-3-1-2-4-7/h5-7H,1-4H2,(H,10,12). The molecular formula is C9H12N2O2. The van der Waals surface area contributed by atoms with Gasteiger partial charge in [0.25, 0.3) is 0 Å². The summed E-state index contributed by atoms with van der Waals surface area (Å²) in [5.41, 5.74) is 0.974. The number of amides is 1. The third kappa shape index (κ3) is 1.71. The number of hydrogen-bond donors (Lipinski definition) is 1. The van der Waals surface area contributed by atoms with E-state index in [4.69, 9.17) is 4.52 Å². The van der Waals surface area contributed by atoms with Gasteiger partial charge >= 0.3 is 0 Å². The Labute approximate surface area is 76.3 Å². The Bertz CT molecular complexity index is 290. The van der Waals surface area contributed by atoms with Crippen LogP contribution in [0.25, 0.3) is 0 Å². The molecule has 1 saturated carbocycles. The fourth-order valence-corrected chi connectivity index (χ4v) is 1.83. The second kappa shape index (κ2) is 3.60. The molecule has 1 aliphatic rings. The number of anilines is 1. The van der Waals surface area contributed by atoms with Crippen LogP contribution in [-0.2, 0) is 4.79 Å². The largest absolute Gasteiger partial charge is 0.338 e. The molecule has 0 spiro atoms. The van der Waals surface area contributed by atoms with Crippen LogP contribution in [0.1, 0.15) is 37.3 Å². The lowest BCUT2D eigenvalue weighted by molar-refractivity contribution is -0.105. The zero-order valence-corrected chi connectivity index (χ0v) is 7.32. The normalized spacial score (nSPS) is 17.5. The summed E-state index contributed by atoms with van der Waals surface area (Å²) in [7, 11) is 0. The molecule has 0 bridgehead atoms. The fraction of sp³-hybridized carbons (Fsp3) is 0.556. The van der Waals surface area contributed by atoms with Gasteiger partial charge in [0.2, 0.25) is 12.3 Å². The van der Waals surface area contributed by atoms with Crippen LogP contribution >= 0.6 is 0 Å². The predicted molar refractivity (Wildman–Crippen MR) is 47.4 cm³/mol. The summed E-state index contributed by atoms with van der Waals surface area (Å²) in [5, 5.41) is 6.36. The van der Waals surface area contributed by atoms with Crippen LogP contribution in [0.5, 0.6) is 0 Å². The van der Waals surface area contributed by atoms with Crippen LogP contribution in [0.4, 0.5) is 5.88 Å². The monoisotopic (exact) mass is 180 g/mol. The lowest BCUT2D eigenvalue weighted by Gasteiger charge is -2.00. The molecule has 0 saturated heterocycles. The van der Waals surface area contributed by atoms with Crippen molar-refractivity contribution < 1.29 is 9.32 Å². The third-order valence-corrected chi connectivity index (χ3v) is 2.50. The van der Waals surface area contributed by atoms with Crippen molar-refractivity contribution in [1.29, 1.82) is 0 Å². The number of rotatable bonds is 3. The minimum absolute atomic E-state index is 0.442. The first-order valence-electron chi connectivity index (χ1n) is 4.57. The van der Waals surface area contributed by atoms with Crippen LogP contribution in [-0.4, -0.2) is 11.6 Å². The molecule has 0 atom stereocenters. The van der Waals surface area contributed by atoms with E-state index < -0.39 is 0 Å². The lowest BCUT2D eigenvalue weighted by Crippen LogP contribution is -1.92. The summed E-state index contributed by atoms with van der Waals surface area (Å²) in [4.78, 5) is 10.1. The average molecular weight is 180 g/mol. The molecule has 70 valence electrons. The van der Waals surface area contributed by atoms with Crippen molar-refractivity contribution in [1.82, 2.24) is 5.16 Å². The minimum Gasteiger partial charge on any atom is -0.338 e. The van der Waals surface area contributed by atoms with E-state index in [1.165, 1.54) is 25.7 Å². The van der Waals surface area contributed by atoms with Gasteiger partial charge in [-0.3, -0.25) is 10.1 Å². The highest BCUT2D eigenvalue weighted by Gasteiger charge is 2.20. The second-order valence-corrected chi connectivity index (χ2v) is 3.36. The first kappa shape index (κ1) is 8.29. The van der Waals surface area contributed by atoms with Crippen molar-refractivity contribution in [3.05, 3.63) is 11.8 Å². The molecule has 1 aromatic heterocycles. The van der Waals surface area contributed by atoms with Gasteiger partial charge in [0.15, 0.2) is 0 Å². The maximum atomic E-state index is 10.1. The van der Waals surface area contributed by atoms with Crippen LogP contribution in [0.3, 0.4) is 0 Å². The highest BCUT2D eigenvalue weighted by Crippen LogP contribution is 2.34. The van der Waals surface area contributed by atoms with E-state index in [9.17, 15) is 4.79 Å². The zero-order valence-electron chi connectivity index (χ0n) is 7.32. The number of hydrogen-bond acceptors (Lipinski definition) is 3. The lowest BCUT2D eigenvalue weighted by atomic mass is 10.0. The molecule has 13 heavy (non-hydrogen) atoms. The maximum Gasteiger partial charge on any atom is 0.231 e.